The SMILES string of the molecule is C=C(NC(C)C)NC(Cc1ccccc1)Cc1ccccc1C. The molecule has 2 aromatic rings. The van der Waals surface area contributed by atoms with Gasteiger partial charge in [-0.15, -0.1) is 0 Å². The van der Waals surface area contributed by atoms with E-state index in [-0.39, 0.29) is 0 Å². The van der Waals surface area contributed by atoms with Crippen LogP contribution >= 0.6 is 0 Å². The van der Waals surface area contributed by atoms with Gasteiger partial charge in [-0.1, -0.05) is 61.2 Å². The van der Waals surface area contributed by atoms with Gasteiger partial charge in [0.05, 0.1) is 5.82 Å². The van der Waals surface area contributed by atoms with Crippen molar-refractivity contribution in [2.75, 3.05) is 0 Å². The van der Waals surface area contributed by atoms with Gasteiger partial charge in [-0.2, -0.15) is 0 Å². The number of rotatable bonds is 8. The van der Waals surface area contributed by atoms with E-state index in [1.807, 2.05) is 0 Å². The third-order valence-electron chi connectivity index (χ3n) is 3.89. The van der Waals surface area contributed by atoms with Gasteiger partial charge in [0.1, 0.15) is 0 Å². The summed E-state index contributed by atoms with van der Waals surface area (Å²) in [6.45, 7) is 10.5. The molecule has 0 saturated carbocycles. The van der Waals surface area contributed by atoms with Gasteiger partial charge in [-0.25, -0.2) is 0 Å². The Labute approximate surface area is 140 Å². The predicted octanol–water partition coefficient (Wildman–Crippen LogP) is 4.21. The highest BCUT2D eigenvalue weighted by atomic mass is 15.1. The fourth-order valence-corrected chi connectivity index (χ4v) is 2.81. The first kappa shape index (κ1) is 17.1. The van der Waals surface area contributed by atoms with Crippen molar-refractivity contribution in [2.45, 2.75) is 45.7 Å². The van der Waals surface area contributed by atoms with Crippen LogP contribution in [0.2, 0.25) is 0 Å². The van der Waals surface area contributed by atoms with Crippen LogP contribution in [0.4, 0.5) is 0 Å². The highest BCUT2D eigenvalue weighted by Crippen LogP contribution is 2.13. The first-order valence-electron chi connectivity index (χ1n) is 8.35. The van der Waals surface area contributed by atoms with Gasteiger partial charge in [-0.05, 0) is 50.3 Å². The fraction of sp³-hybridized carbons (Fsp3) is 0.333. The summed E-state index contributed by atoms with van der Waals surface area (Å²) in [7, 11) is 0. The molecule has 2 rings (SSSR count). The van der Waals surface area contributed by atoms with E-state index in [1.165, 1.54) is 16.7 Å². The molecule has 0 amide bonds. The van der Waals surface area contributed by atoms with E-state index in [0.717, 1.165) is 18.7 Å². The molecule has 1 unspecified atom stereocenters. The highest BCUT2D eigenvalue weighted by molar-refractivity contribution is 5.27. The summed E-state index contributed by atoms with van der Waals surface area (Å²) in [6, 6.07) is 19.9. The van der Waals surface area contributed by atoms with Crippen molar-refractivity contribution in [3.63, 3.8) is 0 Å². The van der Waals surface area contributed by atoms with Crippen molar-refractivity contribution >= 4 is 0 Å². The summed E-state index contributed by atoms with van der Waals surface area (Å²) < 4.78 is 0. The molecule has 0 saturated heterocycles. The van der Waals surface area contributed by atoms with Crippen LogP contribution in [0.5, 0.6) is 0 Å². The first-order chi connectivity index (χ1) is 11.0. The molecule has 0 spiro atoms. The summed E-state index contributed by atoms with van der Waals surface area (Å²) in [4.78, 5) is 0. The molecule has 2 nitrogen and oxygen atoms in total. The Hall–Kier alpha value is -2.22. The molecule has 0 bridgehead atoms. The van der Waals surface area contributed by atoms with E-state index in [9.17, 15) is 0 Å². The van der Waals surface area contributed by atoms with Gasteiger partial charge in [0.15, 0.2) is 0 Å². The Bertz CT molecular complexity index is 617. The first-order valence-corrected chi connectivity index (χ1v) is 8.35. The summed E-state index contributed by atoms with van der Waals surface area (Å²) in [5.41, 5.74) is 4.07. The number of hydrogen-bond donors (Lipinski definition) is 2. The van der Waals surface area contributed by atoms with Gasteiger partial charge in [0.2, 0.25) is 0 Å². The van der Waals surface area contributed by atoms with E-state index >= 15 is 0 Å². The molecule has 2 aromatic carbocycles. The van der Waals surface area contributed by atoms with Crippen molar-refractivity contribution in [3.8, 4) is 0 Å². The second-order valence-electron chi connectivity index (χ2n) is 6.44. The molecule has 0 heterocycles. The predicted molar refractivity (Wildman–Crippen MR) is 99.4 cm³/mol. The van der Waals surface area contributed by atoms with Crippen LogP contribution in [0.1, 0.15) is 30.5 Å². The zero-order valence-corrected chi connectivity index (χ0v) is 14.5. The lowest BCUT2D eigenvalue weighted by atomic mass is 9.96. The smallest absolute Gasteiger partial charge is 0.0916 e. The normalized spacial score (nSPS) is 12.0. The fourth-order valence-electron chi connectivity index (χ4n) is 2.81. The van der Waals surface area contributed by atoms with Gasteiger partial charge in [0.25, 0.3) is 0 Å². The van der Waals surface area contributed by atoms with Crippen LogP contribution in [0.3, 0.4) is 0 Å². The molecule has 23 heavy (non-hydrogen) atoms. The van der Waals surface area contributed by atoms with Crippen molar-refractivity contribution in [1.82, 2.24) is 10.6 Å². The molecule has 1 atom stereocenters. The van der Waals surface area contributed by atoms with E-state index < -0.39 is 0 Å². The van der Waals surface area contributed by atoms with Crippen LogP contribution in [-0.2, 0) is 12.8 Å². The van der Waals surface area contributed by atoms with Gasteiger partial charge in [-0.3, -0.25) is 0 Å². The maximum Gasteiger partial charge on any atom is 0.0916 e. The minimum absolute atomic E-state index is 0.317. The Morgan fingerprint density at radius 2 is 1.57 bits per heavy atom. The van der Waals surface area contributed by atoms with Crippen LogP contribution in [0.15, 0.2) is 67.0 Å². The molecule has 0 aliphatic rings. The molecule has 122 valence electrons. The van der Waals surface area contributed by atoms with Gasteiger partial charge >= 0.3 is 0 Å². The molecule has 2 N–H and O–H groups in total. The highest BCUT2D eigenvalue weighted by Gasteiger charge is 2.13. The molecule has 0 aliphatic heterocycles. The minimum Gasteiger partial charge on any atom is -0.370 e. The molecule has 0 aromatic heterocycles. The van der Waals surface area contributed by atoms with E-state index in [1.54, 1.807) is 0 Å². The number of benzene rings is 2. The maximum atomic E-state index is 4.12. The van der Waals surface area contributed by atoms with Crippen molar-refractivity contribution in [3.05, 3.63) is 83.7 Å². The Morgan fingerprint density at radius 1 is 0.913 bits per heavy atom. The average molecular weight is 308 g/mol. The third-order valence-corrected chi connectivity index (χ3v) is 3.89. The Kier molecular flexibility index (Phi) is 6.28. The van der Waals surface area contributed by atoms with Crippen LogP contribution < -0.4 is 10.6 Å². The summed E-state index contributed by atoms with van der Waals surface area (Å²) >= 11 is 0. The second kappa shape index (κ2) is 8.42. The monoisotopic (exact) mass is 308 g/mol. The van der Waals surface area contributed by atoms with Crippen molar-refractivity contribution in [1.29, 1.82) is 0 Å². The van der Waals surface area contributed by atoms with E-state index in [0.29, 0.717) is 12.1 Å². The molecule has 2 heteroatoms. The molecule has 0 aliphatic carbocycles. The lowest BCUT2D eigenvalue weighted by Crippen LogP contribution is -2.39. The summed E-state index contributed by atoms with van der Waals surface area (Å²) in [5, 5.41) is 6.92. The van der Waals surface area contributed by atoms with Crippen LogP contribution in [0, 0.1) is 6.92 Å². The van der Waals surface area contributed by atoms with Crippen molar-refractivity contribution in [2.24, 2.45) is 0 Å². The average Bonchev–Trinajstić information content (AvgIpc) is 2.49. The topological polar surface area (TPSA) is 24.1 Å². The van der Waals surface area contributed by atoms with E-state index in [2.05, 4.69) is 92.6 Å². The van der Waals surface area contributed by atoms with Gasteiger partial charge in [0, 0.05) is 12.1 Å². The number of nitrogens with one attached hydrogen (secondary N) is 2. The lowest BCUT2D eigenvalue weighted by Gasteiger charge is -2.24. The van der Waals surface area contributed by atoms with Gasteiger partial charge < -0.3 is 10.6 Å². The standard InChI is InChI=1S/C21H28N2/c1-16(2)22-18(4)23-21(14-19-11-6-5-7-12-19)15-20-13-9-8-10-17(20)3/h5-13,16,21-23H,4,14-15H2,1-3H3. The largest absolute Gasteiger partial charge is 0.370 e. The number of aryl methyl sites for hydroxylation is 1. The molecule has 0 fully saturated rings. The van der Waals surface area contributed by atoms with E-state index in [4.69, 9.17) is 0 Å². The molecular weight excluding hydrogens is 280 g/mol. The molecule has 0 radical (unpaired) electrons. The Morgan fingerprint density at radius 3 is 2.22 bits per heavy atom. The lowest BCUT2D eigenvalue weighted by molar-refractivity contribution is 0.512. The quantitative estimate of drug-likeness (QED) is 0.763. The third kappa shape index (κ3) is 5.82. The summed E-state index contributed by atoms with van der Waals surface area (Å²) in [5.74, 6) is 0.898. The second-order valence-corrected chi connectivity index (χ2v) is 6.44. The minimum atomic E-state index is 0.317. The Balaban J connectivity index is 2.10. The zero-order valence-electron chi connectivity index (χ0n) is 14.5. The van der Waals surface area contributed by atoms with Crippen LogP contribution in [-0.4, -0.2) is 12.1 Å². The summed E-state index contributed by atoms with van der Waals surface area (Å²) in [6.07, 6.45) is 1.97. The van der Waals surface area contributed by atoms with Crippen LogP contribution in [0.25, 0.3) is 0 Å². The zero-order chi connectivity index (χ0) is 16.7. The molecular formula is C21H28N2. The maximum absolute atomic E-state index is 4.12. The van der Waals surface area contributed by atoms with Crippen molar-refractivity contribution < 1.29 is 0 Å². The number of hydrogen-bond acceptors (Lipinski definition) is 2.